The minimum absolute atomic E-state index is 0.0609. The molecule has 1 N–H and O–H groups in total. The number of carbonyl (C=O) groups is 1. The van der Waals surface area contributed by atoms with Gasteiger partial charge in [0.05, 0.1) is 25.5 Å². The lowest BCUT2D eigenvalue weighted by Crippen LogP contribution is -2.14. The maximum absolute atomic E-state index is 12.6. The standard InChI is InChI=1S/C19H16F3N3O4S/c1-27-14-8-3-11(9-15(14)28-2)17-24-25-18(29-17)30-10-16(26)23-13-6-4-12(5-7-13)19(20,21)22/h3-9H,10H2,1-2H3,(H,23,26). The summed E-state index contributed by atoms with van der Waals surface area (Å²) < 4.78 is 53.6. The van der Waals surface area contributed by atoms with Crippen LogP contribution in [0.2, 0.25) is 0 Å². The fourth-order valence-corrected chi connectivity index (χ4v) is 2.98. The van der Waals surface area contributed by atoms with E-state index in [2.05, 4.69) is 15.5 Å². The van der Waals surface area contributed by atoms with Gasteiger partial charge in [-0.2, -0.15) is 13.2 Å². The summed E-state index contributed by atoms with van der Waals surface area (Å²) in [6.45, 7) is 0. The van der Waals surface area contributed by atoms with E-state index in [1.165, 1.54) is 26.4 Å². The van der Waals surface area contributed by atoms with E-state index in [1.54, 1.807) is 18.2 Å². The molecule has 158 valence electrons. The number of alkyl halides is 3. The van der Waals surface area contributed by atoms with Crippen LogP contribution in [-0.2, 0) is 11.0 Å². The molecule has 0 bridgehead atoms. The van der Waals surface area contributed by atoms with Gasteiger partial charge in [-0.3, -0.25) is 4.79 Å². The van der Waals surface area contributed by atoms with Gasteiger partial charge in [-0.15, -0.1) is 10.2 Å². The number of hydrogen-bond donors (Lipinski definition) is 1. The van der Waals surface area contributed by atoms with E-state index < -0.39 is 17.6 Å². The molecule has 3 rings (SSSR count). The van der Waals surface area contributed by atoms with E-state index in [-0.39, 0.29) is 22.6 Å². The summed E-state index contributed by atoms with van der Waals surface area (Å²) >= 11 is 1.00. The average Bonchev–Trinajstić information content (AvgIpc) is 3.20. The largest absolute Gasteiger partial charge is 0.493 e. The third-order valence-corrected chi connectivity index (χ3v) is 4.68. The van der Waals surface area contributed by atoms with Gasteiger partial charge in [0.25, 0.3) is 5.22 Å². The topological polar surface area (TPSA) is 86.5 Å². The van der Waals surface area contributed by atoms with Crippen molar-refractivity contribution in [1.82, 2.24) is 10.2 Å². The average molecular weight is 439 g/mol. The van der Waals surface area contributed by atoms with Crippen LogP contribution in [0.5, 0.6) is 11.5 Å². The highest BCUT2D eigenvalue weighted by Crippen LogP contribution is 2.33. The van der Waals surface area contributed by atoms with E-state index in [4.69, 9.17) is 13.9 Å². The highest BCUT2D eigenvalue weighted by molar-refractivity contribution is 7.99. The van der Waals surface area contributed by atoms with Gasteiger partial charge in [-0.1, -0.05) is 11.8 Å². The quantitative estimate of drug-likeness (QED) is 0.542. The number of methoxy groups -OCH3 is 2. The zero-order chi connectivity index (χ0) is 21.7. The molecule has 3 aromatic rings. The molecule has 1 heterocycles. The molecule has 7 nitrogen and oxygen atoms in total. The number of rotatable bonds is 7. The number of nitrogens with one attached hydrogen (secondary N) is 1. The lowest BCUT2D eigenvalue weighted by Gasteiger charge is -2.08. The first-order valence-electron chi connectivity index (χ1n) is 8.46. The molecule has 0 spiro atoms. The molecule has 0 saturated carbocycles. The van der Waals surface area contributed by atoms with Gasteiger partial charge in [0.2, 0.25) is 11.8 Å². The highest BCUT2D eigenvalue weighted by atomic mass is 32.2. The van der Waals surface area contributed by atoms with Crippen LogP contribution in [0.1, 0.15) is 5.56 Å². The summed E-state index contributed by atoms with van der Waals surface area (Å²) in [5.41, 5.74) is 0.0785. The predicted molar refractivity (Wildman–Crippen MR) is 104 cm³/mol. The van der Waals surface area contributed by atoms with Crippen molar-refractivity contribution in [3.63, 3.8) is 0 Å². The van der Waals surface area contributed by atoms with Crippen LogP contribution < -0.4 is 14.8 Å². The first-order valence-corrected chi connectivity index (χ1v) is 9.44. The number of carbonyl (C=O) groups excluding carboxylic acids is 1. The molecule has 30 heavy (non-hydrogen) atoms. The number of anilines is 1. The number of benzene rings is 2. The van der Waals surface area contributed by atoms with Crippen LogP contribution in [0.15, 0.2) is 52.1 Å². The molecule has 0 fully saturated rings. The lowest BCUT2D eigenvalue weighted by atomic mass is 10.2. The summed E-state index contributed by atoms with van der Waals surface area (Å²) in [6, 6.07) is 9.27. The van der Waals surface area contributed by atoms with Crippen LogP contribution in [-0.4, -0.2) is 36.1 Å². The van der Waals surface area contributed by atoms with Gasteiger partial charge in [-0.25, -0.2) is 0 Å². The Morgan fingerprint density at radius 2 is 1.77 bits per heavy atom. The van der Waals surface area contributed by atoms with E-state index in [9.17, 15) is 18.0 Å². The predicted octanol–water partition coefficient (Wildman–Crippen LogP) is 4.50. The van der Waals surface area contributed by atoms with Gasteiger partial charge in [0, 0.05) is 11.3 Å². The minimum Gasteiger partial charge on any atom is -0.493 e. The molecule has 0 atom stereocenters. The minimum atomic E-state index is -4.43. The fraction of sp³-hybridized carbons (Fsp3) is 0.211. The van der Waals surface area contributed by atoms with Crippen LogP contribution in [0.25, 0.3) is 11.5 Å². The smallest absolute Gasteiger partial charge is 0.416 e. The van der Waals surface area contributed by atoms with Crippen molar-refractivity contribution in [2.45, 2.75) is 11.4 Å². The molecule has 0 radical (unpaired) electrons. The molecule has 0 unspecified atom stereocenters. The molecular weight excluding hydrogens is 423 g/mol. The Balaban J connectivity index is 1.58. The Morgan fingerprint density at radius 3 is 2.40 bits per heavy atom. The highest BCUT2D eigenvalue weighted by Gasteiger charge is 2.30. The van der Waals surface area contributed by atoms with Crippen molar-refractivity contribution in [3.05, 3.63) is 48.0 Å². The summed E-state index contributed by atoms with van der Waals surface area (Å²) in [5.74, 6) is 0.801. The zero-order valence-electron chi connectivity index (χ0n) is 15.8. The number of nitrogens with zero attached hydrogens (tertiary/aromatic N) is 2. The van der Waals surface area contributed by atoms with Crippen LogP contribution >= 0.6 is 11.8 Å². The number of amides is 1. The summed E-state index contributed by atoms with van der Waals surface area (Å²) in [7, 11) is 3.03. The van der Waals surface area contributed by atoms with Crippen LogP contribution in [0, 0.1) is 0 Å². The molecule has 0 aliphatic heterocycles. The normalized spacial score (nSPS) is 11.2. The second kappa shape index (κ2) is 9.08. The number of hydrogen-bond acceptors (Lipinski definition) is 7. The fourth-order valence-electron chi connectivity index (χ4n) is 2.42. The zero-order valence-corrected chi connectivity index (χ0v) is 16.6. The number of thioether (sulfide) groups is 1. The first kappa shape index (κ1) is 21.5. The molecule has 0 aliphatic rings. The van der Waals surface area contributed by atoms with E-state index in [0.717, 1.165) is 23.9 Å². The van der Waals surface area contributed by atoms with E-state index in [1.807, 2.05) is 0 Å². The van der Waals surface area contributed by atoms with Crippen molar-refractivity contribution < 1.29 is 31.9 Å². The Kier molecular flexibility index (Phi) is 6.50. The second-order valence-corrected chi connectivity index (χ2v) is 6.78. The summed E-state index contributed by atoms with van der Waals surface area (Å²) in [5, 5.41) is 10.5. The summed E-state index contributed by atoms with van der Waals surface area (Å²) in [4.78, 5) is 12.0. The second-order valence-electron chi connectivity index (χ2n) is 5.85. The Labute approximate surface area is 173 Å². The number of halogens is 3. The van der Waals surface area contributed by atoms with Gasteiger partial charge in [-0.05, 0) is 42.5 Å². The van der Waals surface area contributed by atoms with Gasteiger partial charge >= 0.3 is 6.18 Å². The van der Waals surface area contributed by atoms with Crippen LogP contribution in [0.4, 0.5) is 18.9 Å². The third-order valence-electron chi connectivity index (χ3n) is 3.86. The van der Waals surface area contributed by atoms with Gasteiger partial charge in [0.1, 0.15) is 0 Å². The van der Waals surface area contributed by atoms with Gasteiger partial charge in [0.15, 0.2) is 11.5 Å². The molecular formula is C19H16F3N3O4S. The molecule has 2 aromatic carbocycles. The van der Waals surface area contributed by atoms with E-state index in [0.29, 0.717) is 17.1 Å². The van der Waals surface area contributed by atoms with Crippen molar-refractivity contribution in [3.8, 4) is 23.0 Å². The molecule has 0 saturated heterocycles. The molecule has 1 amide bonds. The SMILES string of the molecule is COc1ccc(-c2nnc(SCC(=O)Nc3ccc(C(F)(F)F)cc3)o2)cc1OC. The maximum atomic E-state index is 12.6. The Hall–Kier alpha value is -3.21. The Morgan fingerprint density at radius 1 is 1.07 bits per heavy atom. The molecule has 11 heteroatoms. The Bertz CT molecular complexity index is 1020. The monoisotopic (exact) mass is 439 g/mol. The lowest BCUT2D eigenvalue weighted by molar-refractivity contribution is -0.137. The van der Waals surface area contributed by atoms with Crippen molar-refractivity contribution in [2.75, 3.05) is 25.3 Å². The number of ether oxygens (including phenoxy) is 2. The van der Waals surface area contributed by atoms with Crippen molar-refractivity contribution in [1.29, 1.82) is 0 Å². The summed E-state index contributed by atoms with van der Waals surface area (Å²) in [6.07, 6.45) is -4.43. The van der Waals surface area contributed by atoms with Crippen molar-refractivity contribution in [2.24, 2.45) is 0 Å². The van der Waals surface area contributed by atoms with E-state index >= 15 is 0 Å². The van der Waals surface area contributed by atoms with Crippen LogP contribution in [0.3, 0.4) is 0 Å². The van der Waals surface area contributed by atoms with Crippen molar-refractivity contribution >= 4 is 23.4 Å². The first-order chi connectivity index (χ1) is 14.3. The number of aromatic nitrogens is 2. The van der Waals surface area contributed by atoms with Gasteiger partial charge < -0.3 is 19.2 Å². The maximum Gasteiger partial charge on any atom is 0.416 e. The molecule has 0 aliphatic carbocycles. The third kappa shape index (κ3) is 5.23. The molecule has 1 aromatic heterocycles.